The normalized spacial score (nSPS) is 34.9. The fraction of sp³-hybridized carbons (Fsp3) is 0.545. The highest BCUT2D eigenvalue weighted by Crippen LogP contribution is 2.44. The molecule has 0 aromatic carbocycles. The molecule has 0 radical (unpaired) electrons. The van der Waals surface area contributed by atoms with Gasteiger partial charge in [0.25, 0.3) is 0 Å². The van der Waals surface area contributed by atoms with Crippen molar-refractivity contribution in [3.8, 4) is 0 Å². The van der Waals surface area contributed by atoms with E-state index in [0.717, 1.165) is 0 Å². The summed E-state index contributed by atoms with van der Waals surface area (Å²) in [6.07, 6.45) is -1.46. The van der Waals surface area contributed by atoms with E-state index in [1.165, 1.54) is 10.9 Å². The molecule has 3 N–H and O–H groups in total. The number of halogens is 1. The second kappa shape index (κ2) is 4.95. The van der Waals surface area contributed by atoms with Gasteiger partial charge in [-0.25, -0.2) is 4.98 Å². The van der Waals surface area contributed by atoms with Crippen LogP contribution in [0.2, 0.25) is 0 Å². The van der Waals surface area contributed by atoms with Gasteiger partial charge in [-0.3, -0.25) is 9.13 Å². The highest BCUT2D eigenvalue weighted by atomic mass is 31.1. The first-order chi connectivity index (χ1) is 10.5. The van der Waals surface area contributed by atoms with Crippen LogP contribution in [0.15, 0.2) is 6.33 Å². The standard InChI is InChI=1S/C11H13FN5O4P/c12-11-15-8(13)6-9(16-11)17(3-14-6)10-7(18)4-2-22(19)20-1-5(4)21-10/h3-5,7,10,18,22H,1-2H2,(H2,13,15,16)/t4-,5-,7+,10-/m1/s1. The molecule has 0 aliphatic carbocycles. The molecular weight excluding hydrogens is 316 g/mol. The van der Waals surface area contributed by atoms with E-state index in [1.807, 2.05) is 0 Å². The maximum absolute atomic E-state index is 13.4. The maximum Gasteiger partial charge on any atom is 0.312 e. The van der Waals surface area contributed by atoms with Crippen molar-refractivity contribution in [1.29, 1.82) is 0 Å². The van der Waals surface area contributed by atoms with Crippen molar-refractivity contribution in [2.45, 2.75) is 18.4 Å². The van der Waals surface area contributed by atoms with E-state index < -0.39 is 26.4 Å². The fourth-order valence-electron chi connectivity index (χ4n) is 2.96. The lowest BCUT2D eigenvalue weighted by Crippen LogP contribution is -2.33. The summed E-state index contributed by atoms with van der Waals surface area (Å²) in [6.45, 7) is 0.161. The Bertz CT molecular complexity index is 770. The Labute approximate surface area is 124 Å². The van der Waals surface area contributed by atoms with Crippen molar-refractivity contribution in [3.05, 3.63) is 12.4 Å². The molecular formula is C11H13FN5O4P. The van der Waals surface area contributed by atoms with Crippen LogP contribution in [0, 0.1) is 12.0 Å². The highest BCUT2D eigenvalue weighted by Gasteiger charge is 2.48. The molecule has 0 saturated carbocycles. The SMILES string of the molecule is Nc1nc(F)nc2c1ncn2[C@@H]1O[C@@H]2CO[PH](=O)C[C@H]2[C@@H]1O. The average Bonchev–Trinajstić information content (AvgIpc) is 3.01. The molecule has 4 heterocycles. The first kappa shape index (κ1) is 14.0. The minimum atomic E-state index is -2.15. The quantitative estimate of drug-likeness (QED) is 0.550. The Hall–Kier alpha value is -1.61. The molecule has 9 nitrogen and oxygen atoms in total. The van der Waals surface area contributed by atoms with Crippen LogP contribution in [-0.4, -0.2) is 49.6 Å². The number of rotatable bonds is 1. The summed E-state index contributed by atoms with van der Waals surface area (Å²) in [6, 6.07) is 0. The van der Waals surface area contributed by atoms with Crippen molar-refractivity contribution >= 4 is 25.0 Å². The number of aliphatic hydroxyl groups is 1. The number of nitrogens with two attached hydrogens (primary N) is 1. The first-order valence-corrected chi connectivity index (χ1v) is 8.21. The Morgan fingerprint density at radius 2 is 2.32 bits per heavy atom. The molecule has 5 atom stereocenters. The molecule has 2 aliphatic heterocycles. The predicted molar refractivity (Wildman–Crippen MR) is 72.9 cm³/mol. The third-order valence-corrected chi connectivity index (χ3v) is 5.32. The highest BCUT2D eigenvalue weighted by molar-refractivity contribution is 7.39. The van der Waals surface area contributed by atoms with Gasteiger partial charge in [-0.2, -0.15) is 14.4 Å². The number of hydrogen-bond acceptors (Lipinski definition) is 8. The van der Waals surface area contributed by atoms with Gasteiger partial charge >= 0.3 is 6.08 Å². The summed E-state index contributed by atoms with van der Waals surface area (Å²) in [7, 11) is -2.15. The van der Waals surface area contributed by atoms with Gasteiger partial charge in [-0.05, 0) is 0 Å². The summed E-state index contributed by atoms with van der Waals surface area (Å²) in [5, 5.41) is 10.5. The smallest absolute Gasteiger partial charge is 0.312 e. The number of hydrogen-bond donors (Lipinski definition) is 2. The molecule has 118 valence electrons. The summed E-state index contributed by atoms with van der Waals surface area (Å²) in [5.41, 5.74) is 5.98. The molecule has 0 bridgehead atoms. The number of nitrogens with zero attached hydrogens (tertiary/aromatic N) is 4. The van der Waals surface area contributed by atoms with Crippen LogP contribution in [0.3, 0.4) is 0 Å². The number of aliphatic hydroxyl groups excluding tert-OH is 1. The van der Waals surface area contributed by atoms with E-state index >= 15 is 0 Å². The van der Waals surface area contributed by atoms with Crippen LogP contribution in [0.1, 0.15) is 6.23 Å². The molecule has 2 fully saturated rings. The average molecular weight is 329 g/mol. The van der Waals surface area contributed by atoms with Crippen LogP contribution in [-0.2, 0) is 13.8 Å². The molecule has 2 saturated heterocycles. The molecule has 2 aromatic heterocycles. The monoisotopic (exact) mass is 329 g/mol. The van der Waals surface area contributed by atoms with Gasteiger partial charge in [0.15, 0.2) is 31.2 Å². The molecule has 0 amide bonds. The van der Waals surface area contributed by atoms with Crippen LogP contribution < -0.4 is 5.73 Å². The number of anilines is 1. The van der Waals surface area contributed by atoms with Gasteiger partial charge in [0.1, 0.15) is 6.10 Å². The lowest BCUT2D eigenvalue weighted by molar-refractivity contribution is -0.0462. The minimum absolute atomic E-state index is 0.0838. The predicted octanol–water partition coefficient (Wildman–Crippen LogP) is -0.0730. The maximum atomic E-state index is 13.4. The lowest BCUT2D eigenvalue weighted by Gasteiger charge is -2.24. The van der Waals surface area contributed by atoms with Crippen molar-refractivity contribution in [2.24, 2.45) is 5.92 Å². The number of nitrogen functional groups attached to an aromatic ring is 1. The van der Waals surface area contributed by atoms with Crippen LogP contribution >= 0.6 is 8.03 Å². The topological polar surface area (TPSA) is 125 Å². The van der Waals surface area contributed by atoms with E-state index in [2.05, 4.69) is 15.0 Å². The summed E-state index contributed by atoms with van der Waals surface area (Å²) in [5.74, 6) is -0.383. The van der Waals surface area contributed by atoms with Crippen molar-refractivity contribution in [3.63, 3.8) is 0 Å². The zero-order chi connectivity index (χ0) is 15.4. The zero-order valence-corrected chi connectivity index (χ0v) is 12.2. The zero-order valence-electron chi connectivity index (χ0n) is 11.2. The van der Waals surface area contributed by atoms with Gasteiger partial charge in [0, 0.05) is 12.1 Å². The van der Waals surface area contributed by atoms with Gasteiger partial charge in [-0.15, -0.1) is 0 Å². The Balaban J connectivity index is 1.75. The molecule has 4 rings (SSSR count). The summed E-state index contributed by atoms with van der Waals surface area (Å²) >= 11 is 0. The lowest BCUT2D eigenvalue weighted by atomic mass is 10.0. The van der Waals surface area contributed by atoms with Crippen LogP contribution in [0.25, 0.3) is 11.2 Å². The second-order valence-electron chi connectivity index (χ2n) is 5.31. The number of fused-ring (bicyclic) bond motifs is 2. The van der Waals surface area contributed by atoms with Crippen molar-refractivity contribution in [1.82, 2.24) is 19.5 Å². The summed E-state index contributed by atoms with van der Waals surface area (Å²) < 4.78 is 37.2. The van der Waals surface area contributed by atoms with Gasteiger partial charge in [-0.1, -0.05) is 0 Å². The third-order valence-electron chi connectivity index (χ3n) is 4.03. The van der Waals surface area contributed by atoms with Crippen molar-refractivity contribution in [2.75, 3.05) is 18.5 Å². The molecule has 11 heteroatoms. The van der Waals surface area contributed by atoms with Gasteiger partial charge in [0.05, 0.1) is 19.0 Å². The van der Waals surface area contributed by atoms with Gasteiger partial charge < -0.3 is 20.1 Å². The second-order valence-corrected chi connectivity index (χ2v) is 6.75. The largest absolute Gasteiger partial charge is 0.388 e. The van der Waals surface area contributed by atoms with E-state index in [9.17, 15) is 14.1 Å². The Kier molecular flexibility index (Phi) is 3.15. The number of ether oxygens (including phenoxy) is 1. The Morgan fingerprint density at radius 3 is 3.14 bits per heavy atom. The molecule has 0 spiro atoms. The summed E-state index contributed by atoms with van der Waals surface area (Å²) in [4.78, 5) is 11.1. The van der Waals surface area contributed by atoms with E-state index in [0.29, 0.717) is 0 Å². The van der Waals surface area contributed by atoms with E-state index in [1.54, 1.807) is 0 Å². The molecule has 1 unspecified atom stereocenters. The van der Waals surface area contributed by atoms with E-state index in [4.69, 9.17) is 15.0 Å². The van der Waals surface area contributed by atoms with Crippen LogP contribution in [0.5, 0.6) is 0 Å². The molecule has 22 heavy (non-hydrogen) atoms. The van der Waals surface area contributed by atoms with Crippen LogP contribution in [0.4, 0.5) is 10.2 Å². The molecule has 2 aromatic rings. The van der Waals surface area contributed by atoms with E-state index in [-0.39, 0.29) is 41.8 Å². The van der Waals surface area contributed by atoms with Crippen molar-refractivity contribution < 1.29 is 23.3 Å². The minimum Gasteiger partial charge on any atom is -0.388 e. The Morgan fingerprint density at radius 1 is 1.50 bits per heavy atom. The number of aromatic nitrogens is 4. The number of imidazole rings is 1. The first-order valence-electron chi connectivity index (χ1n) is 6.69. The third kappa shape index (κ3) is 2.03. The molecule has 2 aliphatic rings. The fourth-order valence-corrected chi connectivity index (χ4v) is 4.32. The van der Waals surface area contributed by atoms with Gasteiger partial charge in [0.2, 0.25) is 0 Å².